The molecule has 0 heterocycles. The Morgan fingerprint density at radius 3 is 2.68 bits per heavy atom. The molecule has 0 bridgehead atoms. The van der Waals surface area contributed by atoms with Gasteiger partial charge in [0, 0.05) is 4.47 Å². The normalized spacial score (nSPS) is 17.5. The van der Waals surface area contributed by atoms with E-state index in [0.717, 1.165) is 23.7 Å². The second-order valence-electron chi connectivity index (χ2n) is 4.83. The van der Waals surface area contributed by atoms with E-state index in [9.17, 15) is 10.1 Å². The first-order valence-corrected chi connectivity index (χ1v) is 7.42. The van der Waals surface area contributed by atoms with Crippen molar-refractivity contribution >= 4 is 39.1 Å². The fourth-order valence-electron chi connectivity index (χ4n) is 2.38. The van der Waals surface area contributed by atoms with Gasteiger partial charge in [-0.2, -0.15) is 5.26 Å². The SMILES string of the molecule is N#CC1(C(=O)Nc2cc(Br)ccc2Cl)CCCCC1. The molecular weight excluding hydrogens is 328 g/mol. The van der Waals surface area contributed by atoms with Gasteiger partial charge in [0.15, 0.2) is 0 Å². The van der Waals surface area contributed by atoms with Crippen LogP contribution in [0.4, 0.5) is 5.69 Å². The van der Waals surface area contributed by atoms with E-state index >= 15 is 0 Å². The maximum Gasteiger partial charge on any atom is 0.244 e. The molecule has 0 atom stereocenters. The maximum absolute atomic E-state index is 12.4. The van der Waals surface area contributed by atoms with Crippen LogP contribution in [0.3, 0.4) is 0 Å². The van der Waals surface area contributed by atoms with E-state index in [-0.39, 0.29) is 5.91 Å². The van der Waals surface area contributed by atoms with Gasteiger partial charge in [-0.1, -0.05) is 46.8 Å². The van der Waals surface area contributed by atoms with Crippen molar-refractivity contribution < 1.29 is 4.79 Å². The van der Waals surface area contributed by atoms with Gasteiger partial charge in [-0.3, -0.25) is 4.79 Å². The molecule has 0 radical (unpaired) electrons. The Hall–Kier alpha value is -1.05. The minimum Gasteiger partial charge on any atom is -0.323 e. The van der Waals surface area contributed by atoms with Crippen LogP contribution in [0.25, 0.3) is 0 Å². The summed E-state index contributed by atoms with van der Waals surface area (Å²) < 4.78 is 0.835. The zero-order valence-corrected chi connectivity index (χ0v) is 12.7. The number of nitriles is 1. The van der Waals surface area contributed by atoms with Gasteiger partial charge in [0.05, 0.1) is 16.8 Å². The van der Waals surface area contributed by atoms with Crippen molar-refractivity contribution in [1.29, 1.82) is 5.26 Å². The van der Waals surface area contributed by atoms with Gasteiger partial charge in [-0.15, -0.1) is 0 Å². The summed E-state index contributed by atoms with van der Waals surface area (Å²) in [6, 6.07) is 7.46. The zero-order chi connectivity index (χ0) is 13.9. The van der Waals surface area contributed by atoms with Gasteiger partial charge in [0.25, 0.3) is 0 Å². The van der Waals surface area contributed by atoms with Crippen LogP contribution in [0.15, 0.2) is 22.7 Å². The van der Waals surface area contributed by atoms with Gasteiger partial charge in [-0.25, -0.2) is 0 Å². The maximum atomic E-state index is 12.4. The van der Waals surface area contributed by atoms with E-state index in [1.54, 1.807) is 18.2 Å². The number of rotatable bonds is 2. The number of amides is 1. The topological polar surface area (TPSA) is 52.9 Å². The lowest BCUT2D eigenvalue weighted by atomic mass is 9.74. The molecule has 0 aliphatic heterocycles. The predicted molar refractivity (Wildman–Crippen MR) is 78.9 cm³/mol. The Labute approximate surface area is 126 Å². The summed E-state index contributed by atoms with van der Waals surface area (Å²) in [7, 11) is 0. The van der Waals surface area contributed by atoms with Gasteiger partial charge < -0.3 is 5.32 Å². The second kappa shape index (κ2) is 5.94. The molecule has 19 heavy (non-hydrogen) atoms. The highest BCUT2D eigenvalue weighted by Crippen LogP contribution is 2.37. The number of nitrogens with one attached hydrogen (secondary N) is 1. The average molecular weight is 342 g/mol. The highest BCUT2D eigenvalue weighted by atomic mass is 79.9. The molecule has 0 unspecified atom stereocenters. The van der Waals surface area contributed by atoms with Crippen LogP contribution in [0.5, 0.6) is 0 Å². The number of hydrogen-bond acceptors (Lipinski definition) is 2. The largest absolute Gasteiger partial charge is 0.323 e. The van der Waals surface area contributed by atoms with E-state index in [1.165, 1.54) is 0 Å². The molecule has 1 saturated carbocycles. The Bertz CT molecular complexity index is 533. The van der Waals surface area contributed by atoms with Crippen molar-refractivity contribution in [2.75, 3.05) is 5.32 Å². The lowest BCUT2D eigenvalue weighted by molar-refractivity contribution is -0.124. The van der Waals surface area contributed by atoms with Crippen LogP contribution in [-0.2, 0) is 4.79 Å². The van der Waals surface area contributed by atoms with E-state index in [1.807, 2.05) is 0 Å². The molecule has 1 aromatic carbocycles. The summed E-state index contributed by atoms with van der Waals surface area (Å²) in [6.07, 6.45) is 4.19. The number of carbonyl (C=O) groups is 1. The molecule has 3 nitrogen and oxygen atoms in total. The summed E-state index contributed by atoms with van der Waals surface area (Å²) in [5.41, 5.74) is -0.356. The van der Waals surface area contributed by atoms with Gasteiger partial charge in [0.1, 0.15) is 5.41 Å². The highest BCUT2D eigenvalue weighted by molar-refractivity contribution is 9.10. The third-order valence-electron chi connectivity index (χ3n) is 3.53. The van der Waals surface area contributed by atoms with E-state index < -0.39 is 5.41 Å². The van der Waals surface area contributed by atoms with E-state index in [4.69, 9.17) is 11.6 Å². The molecule has 1 aromatic rings. The van der Waals surface area contributed by atoms with Crippen LogP contribution >= 0.6 is 27.5 Å². The number of halogens is 2. The molecule has 0 spiro atoms. The number of benzene rings is 1. The Morgan fingerprint density at radius 1 is 1.37 bits per heavy atom. The molecular formula is C14H14BrClN2O. The minimum atomic E-state index is -0.899. The third kappa shape index (κ3) is 3.10. The van der Waals surface area contributed by atoms with Crippen molar-refractivity contribution in [1.82, 2.24) is 0 Å². The molecule has 0 aromatic heterocycles. The predicted octanol–water partition coefficient (Wildman–Crippen LogP) is 4.52. The molecule has 5 heteroatoms. The third-order valence-corrected chi connectivity index (χ3v) is 4.36. The van der Waals surface area contributed by atoms with Gasteiger partial charge >= 0.3 is 0 Å². The molecule has 0 saturated heterocycles. The molecule has 1 N–H and O–H groups in total. The lowest BCUT2D eigenvalue weighted by Crippen LogP contribution is -2.36. The molecule has 100 valence electrons. The zero-order valence-electron chi connectivity index (χ0n) is 10.4. The minimum absolute atomic E-state index is 0.241. The van der Waals surface area contributed by atoms with Crippen LogP contribution < -0.4 is 5.32 Å². The summed E-state index contributed by atoms with van der Waals surface area (Å²) >= 11 is 9.39. The van der Waals surface area contributed by atoms with Gasteiger partial charge in [-0.05, 0) is 31.0 Å². The molecule has 1 amide bonds. The number of carbonyl (C=O) groups excluding carboxylic acids is 1. The first kappa shape index (κ1) is 14.4. The second-order valence-corrected chi connectivity index (χ2v) is 6.16. The summed E-state index contributed by atoms with van der Waals surface area (Å²) in [5.74, 6) is -0.241. The summed E-state index contributed by atoms with van der Waals surface area (Å²) in [6.45, 7) is 0. The lowest BCUT2D eigenvalue weighted by Gasteiger charge is -2.29. The van der Waals surface area contributed by atoms with Gasteiger partial charge in [0.2, 0.25) is 5.91 Å². The molecule has 1 aliphatic rings. The fourth-order valence-corrected chi connectivity index (χ4v) is 2.91. The van der Waals surface area contributed by atoms with Crippen LogP contribution in [0.2, 0.25) is 5.02 Å². The standard InChI is InChI=1S/C14H14BrClN2O/c15-10-4-5-11(16)12(8-10)18-13(19)14(9-17)6-2-1-3-7-14/h4-5,8H,1-3,6-7H2,(H,18,19). The van der Waals surface area contributed by atoms with Crippen LogP contribution in [-0.4, -0.2) is 5.91 Å². The first-order chi connectivity index (χ1) is 9.07. The van der Waals surface area contributed by atoms with Crippen molar-refractivity contribution in [3.63, 3.8) is 0 Å². The van der Waals surface area contributed by atoms with Crippen LogP contribution in [0, 0.1) is 16.7 Å². The van der Waals surface area contributed by atoms with Crippen molar-refractivity contribution in [2.45, 2.75) is 32.1 Å². The Kier molecular flexibility index (Phi) is 4.49. The number of anilines is 1. The average Bonchev–Trinajstić information content (AvgIpc) is 2.43. The summed E-state index contributed by atoms with van der Waals surface area (Å²) in [5, 5.41) is 12.6. The van der Waals surface area contributed by atoms with E-state index in [0.29, 0.717) is 23.6 Å². The fraction of sp³-hybridized carbons (Fsp3) is 0.429. The molecule has 2 rings (SSSR count). The Balaban J connectivity index is 2.20. The first-order valence-electron chi connectivity index (χ1n) is 6.25. The quantitative estimate of drug-likeness (QED) is 0.860. The van der Waals surface area contributed by atoms with Crippen molar-refractivity contribution in [3.05, 3.63) is 27.7 Å². The monoisotopic (exact) mass is 340 g/mol. The summed E-state index contributed by atoms with van der Waals surface area (Å²) in [4.78, 5) is 12.4. The Morgan fingerprint density at radius 2 is 2.05 bits per heavy atom. The van der Waals surface area contributed by atoms with Crippen LogP contribution in [0.1, 0.15) is 32.1 Å². The van der Waals surface area contributed by atoms with E-state index in [2.05, 4.69) is 27.3 Å². The number of hydrogen-bond donors (Lipinski definition) is 1. The van der Waals surface area contributed by atoms with Crippen molar-refractivity contribution in [3.8, 4) is 6.07 Å². The highest BCUT2D eigenvalue weighted by Gasteiger charge is 2.39. The molecule has 1 fully saturated rings. The smallest absolute Gasteiger partial charge is 0.244 e. The molecule has 1 aliphatic carbocycles. The van der Waals surface area contributed by atoms with Crippen molar-refractivity contribution in [2.24, 2.45) is 5.41 Å². The number of nitrogens with zero attached hydrogens (tertiary/aromatic N) is 1.